The van der Waals surface area contributed by atoms with Gasteiger partial charge in [0, 0.05) is 12.6 Å². The fourth-order valence-electron chi connectivity index (χ4n) is 2.68. The van der Waals surface area contributed by atoms with Crippen molar-refractivity contribution in [2.75, 3.05) is 19.6 Å². The molecule has 0 aromatic heterocycles. The summed E-state index contributed by atoms with van der Waals surface area (Å²) in [6, 6.07) is 0.741. The van der Waals surface area contributed by atoms with Gasteiger partial charge in [-0.2, -0.15) is 0 Å². The normalized spacial score (nSPS) is 33.0. The second-order valence-corrected chi connectivity index (χ2v) is 6.67. The van der Waals surface area contributed by atoms with Crippen LogP contribution in [0.3, 0.4) is 0 Å². The van der Waals surface area contributed by atoms with Crippen molar-refractivity contribution in [2.45, 2.75) is 53.5 Å². The van der Waals surface area contributed by atoms with Gasteiger partial charge in [0.2, 0.25) is 0 Å². The van der Waals surface area contributed by atoms with Gasteiger partial charge in [0.05, 0.1) is 0 Å². The average Bonchev–Trinajstić information content (AvgIpc) is 2.21. The lowest BCUT2D eigenvalue weighted by atomic mass is 9.84. The van der Waals surface area contributed by atoms with Crippen LogP contribution in [-0.2, 0) is 0 Å². The Labute approximate surface area is 102 Å². The second-order valence-electron chi connectivity index (χ2n) is 6.67. The van der Waals surface area contributed by atoms with E-state index in [2.05, 4.69) is 39.5 Å². The molecule has 0 saturated carbocycles. The Hall–Kier alpha value is -0.0800. The van der Waals surface area contributed by atoms with Crippen molar-refractivity contribution in [3.05, 3.63) is 0 Å². The van der Waals surface area contributed by atoms with E-state index >= 15 is 0 Å². The Morgan fingerprint density at radius 3 is 2.44 bits per heavy atom. The maximum atomic E-state index is 5.79. The molecule has 0 radical (unpaired) electrons. The minimum Gasteiger partial charge on any atom is -0.330 e. The van der Waals surface area contributed by atoms with E-state index in [-0.39, 0.29) is 0 Å². The average molecular weight is 226 g/mol. The molecule has 0 aromatic carbocycles. The lowest BCUT2D eigenvalue weighted by Crippen LogP contribution is -2.47. The van der Waals surface area contributed by atoms with Crippen molar-refractivity contribution in [3.8, 4) is 0 Å². The minimum atomic E-state index is 0.295. The highest BCUT2D eigenvalue weighted by Gasteiger charge is 2.29. The number of nitrogens with two attached hydrogens (primary N) is 1. The molecule has 3 atom stereocenters. The highest BCUT2D eigenvalue weighted by atomic mass is 15.2. The molecule has 1 fully saturated rings. The van der Waals surface area contributed by atoms with Crippen LogP contribution in [0.5, 0.6) is 0 Å². The molecule has 0 aliphatic carbocycles. The molecule has 1 heterocycles. The number of nitrogens with zero attached hydrogens (tertiary/aromatic N) is 1. The van der Waals surface area contributed by atoms with Gasteiger partial charge in [-0.1, -0.05) is 27.7 Å². The smallest absolute Gasteiger partial charge is 0.00927 e. The summed E-state index contributed by atoms with van der Waals surface area (Å²) in [5.41, 5.74) is 6.09. The molecular formula is C14H30N2. The molecule has 1 aliphatic heterocycles. The van der Waals surface area contributed by atoms with Crippen LogP contribution < -0.4 is 5.73 Å². The van der Waals surface area contributed by atoms with E-state index in [1.807, 2.05) is 0 Å². The Morgan fingerprint density at radius 2 is 1.88 bits per heavy atom. The van der Waals surface area contributed by atoms with Crippen LogP contribution in [0.2, 0.25) is 0 Å². The van der Waals surface area contributed by atoms with E-state index in [0.717, 1.165) is 24.4 Å². The predicted molar refractivity (Wildman–Crippen MR) is 71.4 cm³/mol. The van der Waals surface area contributed by atoms with Gasteiger partial charge in [-0.25, -0.2) is 0 Å². The molecule has 1 rings (SSSR count). The Morgan fingerprint density at radius 1 is 1.25 bits per heavy atom. The van der Waals surface area contributed by atoms with Gasteiger partial charge in [0.25, 0.3) is 0 Å². The third-order valence-electron chi connectivity index (χ3n) is 4.35. The molecule has 0 spiro atoms. The van der Waals surface area contributed by atoms with Gasteiger partial charge in [-0.05, 0) is 50.1 Å². The lowest BCUT2D eigenvalue weighted by molar-refractivity contribution is 0.0686. The number of hydrogen-bond donors (Lipinski definition) is 1. The van der Waals surface area contributed by atoms with Crippen molar-refractivity contribution >= 4 is 0 Å². The molecule has 3 unspecified atom stereocenters. The maximum Gasteiger partial charge on any atom is 0.00927 e. The van der Waals surface area contributed by atoms with E-state index in [0.29, 0.717) is 5.41 Å². The van der Waals surface area contributed by atoms with Crippen molar-refractivity contribution < 1.29 is 0 Å². The van der Waals surface area contributed by atoms with E-state index in [1.165, 1.54) is 25.9 Å². The van der Waals surface area contributed by atoms with Gasteiger partial charge < -0.3 is 10.6 Å². The van der Waals surface area contributed by atoms with E-state index in [1.54, 1.807) is 0 Å². The predicted octanol–water partition coefficient (Wildman–Crippen LogP) is 2.73. The first-order valence-corrected chi connectivity index (χ1v) is 6.80. The highest BCUT2D eigenvalue weighted by Crippen LogP contribution is 2.28. The monoisotopic (exact) mass is 226 g/mol. The summed E-state index contributed by atoms with van der Waals surface area (Å²) in [6.45, 7) is 15.0. The summed E-state index contributed by atoms with van der Waals surface area (Å²) >= 11 is 0. The number of rotatable bonds is 4. The van der Waals surface area contributed by atoms with E-state index in [4.69, 9.17) is 5.73 Å². The maximum absolute atomic E-state index is 5.79. The van der Waals surface area contributed by atoms with Crippen molar-refractivity contribution in [2.24, 2.45) is 23.0 Å². The van der Waals surface area contributed by atoms with Crippen LogP contribution in [0, 0.1) is 17.3 Å². The third-order valence-corrected chi connectivity index (χ3v) is 4.35. The summed E-state index contributed by atoms with van der Waals surface area (Å²) in [5, 5.41) is 0. The molecule has 96 valence electrons. The molecule has 1 saturated heterocycles. The first-order chi connectivity index (χ1) is 7.35. The summed E-state index contributed by atoms with van der Waals surface area (Å²) in [5.74, 6) is 1.69. The second kappa shape index (κ2) is 5.50. The van der Waals surface area contributed by atoms with Crippen molar-refractivity contribution in [1.82, 2.24) is 4.90 Å². The molecule has 2 heteroatoms. The Kier molecular flexibility index (Phi) is 4.81. The Bertz CT molecular complexity index is 213. The number of likely N-dealkylation sites (tertiary alicyclic amines) is 1. The van der Waals surface area contributed by atoms with Gasteiger partial charge in [-0.3, -0.25) is 0 Å². The zero-order valence-electron chi connectivity index (χ0n) is 11.8. The molecule has 16 heavy (non-hydrogen) atoms. The van der Waals surface area contributed by atoms with Crippen LogP contribution in [0.4, 0.5) is 0 Å². The van der Waals surface area contributed by atoms with Crippen LogP contribution in [-0.4, -0.2) is 30.6 Å². The summed E-state index contributed by atoms with van der Waals surface area (Å²) in [6.07, 6.45) is 2.60. The molecular weight excluding hydrogens is 196 g/mol. The van der Waals surface area contributed by atoms with Crippen LogP contribution in [0.1, 0.15) is 47.5 Å². The van der Waals surface area contributed by atoms with Crippen molar-refractivity contribution in [1.29, 1.82) is 0 Å². The quantitative estimate of drug-likeness (QED) is 0.798. The minimum absolute atomic E-state index is 0.295. The Balaban J connectivity index is 2.46. The summed E-state index contributed by atoms with van der Waals surface area (Å²) in [4.78, 5) is 2.66. The van der Waals surface area contributed by atoms with Crippen molar-refractivity contribution in [3.63, 3.8) is 0 Å². The first-order valence-electron chi connectivity index (χ1n) is 6.80. The SMILES string of the molecule is CC1CC(C)C(C)N(CCC(C)(C)CN)C1. The number of hydrogen-bond acceptors (Lipinski definition) is 2. The molecule has 1 aliphatic rings. The molecule has 2 N–H and O–H groups in total. The standard InChI is InChI=1S/C14H30N2/c1-11-8-12(2)13(3)16(9-11)7-6-14(4,5)10-15/h11-13H,6-10,15H2,1-5H3. The molecule has 0 aromatic rings. The zero-order valence-corrected chi connectivity index (χ0v) is 11.8. The van der Waals surface area contributed by atoms with Gasteiger partial charge in [0.1, 0.15) is 0 Å². The van der Waals surface area contributed by atoms with E-state index < -0.39 is 0 Å². The molecule has 2 nitrogen and oxygen atoms in total. The number of piperidine rings is 1. The third kappa shape index (κ3) is 3.74. The highest BCUT2D eigenvalue weighted by molar-refractivity contribution is 4.83. The fourth-order valence-corrected chi connectivity index (χ4v) is 2.68. The van der Waals surface area contributed by atoms with Gasteiger partial charge in [-0.15, -0.1) is 0 Å². The topological polar surface area (TPSA) is 29.3 Å². The van der Waals surface area contributed by atoms with Crippen LogP contribution >= 0.6 is 0 Å². The summed E-state index contributed by atoms with van der Waals surface area (Å²) in [7, 11) is 0. The lowest BCUT2D eigenvalue weighted by Gasteiger charge is -2.42. The molecule has 0 amide bonds. The van der Waals surface area contributed by atoms with Crippen LogP contribution in [0.25, 0.3) is 0 Å². The van der Waals surface area contributed by atoms with Crippen LogP contribution in [0.15, 0.2) is 0 Å². The van der Waals surface area contributed by atoms with Gasteiger partial charge in [0.15, 0.2) is 0 Å². The van der Waals surface area contributed by atoms with E-state index in [9.17, 15) is 0 Å². The zero-order chi connectivity index (χ0) is 12.3. The van der Waals surface area contributed by atoms with Gasteiger partial charge >= 0.3 is 0 Å². The first kappa shape index (κ1) is 14.0. The fraction of sp³-hybridized carbons (Fsp3) is 1.00. The largest absolute Gasteiger partial charge is 0.330 e. The summed E-state index contributed by atoms with van der Waals surface area (Å²) < 4.78 is 0. The molecule has 0 bridgehead atoms.